The molecule has 1 aliphatic rings. The lowest BCUT2D eigenvalue weighted by atomic mass is 9.88. The third kappa shape index (κ3) is 1.92. The Kier molecular flexibility index (Phi) is 4.15. The van der Waals surface area contributed by atoms with E-state index >= 15 is 0 Å². The van der Waals surface area contributed by atoms with Crippen LogP contribution in [-0.4, -0.2) is 28.3 Å². The fourth-order valence-corrected chi connectivity index (χ4v) is 2.44. The summed E-state index contributed by atoms with van der Waals surface area (Å²) in [5.41, 5.74) is 0. The zero-order chi connectivity index (χ0) is 10.9. The smallest absolute Gasteiger partial charge is 0.113 e. The molecule has 1 rings (SSSR count). The number of aliphatic hydroxyl groups excluding tert-OH is 2. The minimum Gasteiger partial charge on any atom is -0.396 e. The van der Waals surface area contributed by atoms with Crippen LogP contribution in [0.2, 0.25) is 0 Å². The zero-order valence-electron chi connectivity index (χ0n) is 6.98. The number of allylic oxidation sites excluding steroid dienone is 2. The van der Waals surface area contributed by atoms with Crippen LogP contribution in [0.3, 0.4) is 0 Å². The zero-order valence-corrected chi connectivity index (χ0v) is 10.00. The predicted octanol–water partition coefficient (Wildman–Crippen LogP) is 2.39. The van der Waals surface area contributed by atoms with E-state index in [9.17, 15) is 0 Å². The first-order valence-corrected chi connectivity index (χ1v) is 5.32. The third-order valence-corrected chi connectivity index (χ3v) is 4.16. The van der Waals surface area contributed by atoms with Crippen molar-refractivity contribution in [3.8, 4) is 0 Å². The summed E-state index contributed by atoms with van der Waals surface area (Å²) in [4.78, 5) is -1.27. The van der Waals surface area contributed by atoms with Gasteiger partial charge in [0.1, 0.15) is 4.87 Å². The number of halogens is 4. The highest BCUT2D eigenvalue weighted by Crippen LogP contribution is 2.46. The average Bonchev–Trinajstić information content (AvgIpc) is 2.16. The van der Waals surface area contributed by atoms with E-state index in [1.165, 1.54) is 6.08 Å². The van der Waals surface area contributed by atoms with Crippen LogP contribution in [0.25, 0.3) is 0 Å². The van der Waals surface area contributed by atoms with Gasteiger partial charge in [0, 0.05) is 16.0 Å². The van der Waals surface area contributed by atoms with Crippen molar-refractivity contribution in [3.63, 3.8) is 0 Å². The number of aliphatic hydroxyl groups is 2. The molecule has 0 aromatic heterocycles. The first-order valence-electron chi connectivity index (χ1n) is 3.80. The molecule has 0 saturated carbocycles. The molecule has 0 fully saturated rings. The molecule has 1 aliphatic carbocycles. The maximum atomic E-state index is 9.13. The second-order valence-electron chi connectivity index (χ2n) is 2.94. The van der Waals surface area contributed by atoms with Crippen LogP contribution in [0.15, 0.2) is 21.2 Å². The van der Waals surface area contributed by atoms with Crippen molar-refractivity contribution in [2.75, 3.05) is 13.2 Å². The Balaban J connectivity index is 3.19. The summed E-state index contributed by atoms with van der Waals surface area (Å²) in [5, 5.41) is 18.9. The van der Waals surface area contributed by atoms with Gasteiger partial charge in [0.25, 0.3) is 0 Å². The average molecular weight is 278 g/mol. The van der Waals surface area contributed by atoms with E-state index in [-0.39, 0.29) is 21.7 Å². The van der Waals surface area contributed by atoms with Crippen molar-refractivity contribution in [1.82, 2.24) is 0 Å². The Bertz CT molecular complexity index is 300. The number of hydrogen-bond acceptors (Lipinski definition) is 2. The maximum Gasteiger partial charge on any atom is 0.113 e. The van der Waals surface area contributed by atoms with Crippen molar-refractivity contribution in [3.05, 3.63) is 21.2 Å². The highest BCUT2D eigenvalue weighted by molar-refractivity contribution is 6.45. The molecule has 0 bridgehead atoms. The summed E-state index contributed by atoms with van der Waals surface area (Å²) in [6.07, 6.45) is 1.38. The van der Waals surface area contributed by atoms with Crippen LogP contribution >= 0.6 is 46.4 Å². The number of rotatable bonds is 2. The van der Waals surface area contributed by atoms with E-state index < -0.39 is 17.4 Å². The van der Waals surface area contributed by atoms with E-state index in [1.807, 2.05) is 0 Å². The minimum atomic E-state index is -1.27. The molecule has 2 nitrogen and oxygen atoms in total. The van der Waals surface area contributed by atoms with Gasteiger partial charge in [-0.3, -0.25) is 0 Å². The van der Waals surface area contributed by atoms with Gasteiger partial charge >= 0.3 is 0 Å². The molecule has 0 heterocycles. The van der Waals surface area contributed by atoms with Crippen molar-refractivity contribution in [1.29, 1.82) is 0 Å². The fraction of sp³-hybridized carbons (Fsp3) is 0.500. The Labute approximate surface area is 102 Å². The summed E-state index contributed by atoms with van der Waals surface area (Å²) in [6.45, 7) is -0.751. The topological polar surface area (TPSA) is 40.5 Å². The van der Waals surface area contributed by atoms with Gasteiger partial charge in [-0.2, -0.15) is 0 Å². The fourth-order valence-electron chi connectivity index (χ4n) is 1.24. The molecular weight excluding hydrogens is 270 g/mol. The van der Waals surface area contributed by atoms with Crippen LogP contribution < -0.4 is 0 Å². The lowest BCUT2D eigenvalue weighted by molar-refractivity contribution is 0.178. The molecule has 0 aromatic rings. The molecule has 80 valence electrons. The standard InChI is InChI=1S/C8H8Cl4O2/c9-5-1-6(10)8(12,3-14)4(2-13)7(5)11/h1,4,13-14H,2-3H2. The molecule has 0 aromatic carbocycles. The Morgan fingerprint density at radius 1 is 1.29 bits per heavy atom. The first-order chi connectivity index (χ1) is 6.47. The first kappa shape index (κ1) is 12.6. The van der Waals surface area contributed by atoms with Crippen molar-refractivity contribution in [2.45, 2.75) is 4.87 Å². The molecule has 2 unspecified atom stereocenters. The Morgan fingerprint density at radius 3 is 2.29 bits per heavy atom. The molecule has 0 amide bonds. The van der Waals surface area contributed by atoms with Gasteiger partial charge in [0.2, 0.25) is 0 Å². The van der Waals surface area contributed by atoms with Crippen LogP contribution in [0, 0.1) is 5.92 Å². The van der Waals surface area contributed by atoms with Gasteiger partial charge in [-0.15, -0.1) is 11.6 Å². The summed E-state index contributed by atoms with van der Waals surface area (Å²) < 4.78 is 0. The maximum absolute atomic E-state index is 9.13. The van der Waals surface area contributed by atoms with Crippen LogP contribution in [0.4, 0.5) is 0 Å². The molecule has 0 saturated heterocycles. The highest BCUT2D eigenvalue weighted by atomic mass is 35.5. The lowest BCUT2D eigenvalue weighted by Gasteiger charge is -2.35. The molecule has 2 atom stereocenters. The molecule has 0 spiro atoms. The van der Waals surface area contributed by atoms with Gasteiger partial charge in [0.15, 0.2) is 0 Å². The molecule has 14 heavy (non-hydrogen) atoms. The predicted molar refractivity (Wildman–Crippen MR) is 58.9 cm³/mol. The third-order valence-electron chi connectivity index (χ3n) is 2.15. The van der Waals surface area contributed by atoms with Crippen molar-refractivity contribution >= 4 is 46.4 Å². The molecule has 2 N–H and O–H groups in total. The SMILES string of the molecule is OCC1C(Cl)=C(Cl)C=C(Cl)C1(Cl)CO. The Hall–Kier alpha value is 0.560. The second kappa shape index (κ2) is 4.60. The van der Waals surface area contributed by atoms with Crippen LogP contribution in [0.1, 0.15) is 0 Å². The number of hydrogen-bond donors (Lipinski definition) is 2. The molecule has 6 heteroatoms. The highest BCUT2D eigenvalue weighted by Gasteiger charge is 2.44. The van der Waals surface area contributed by atoms with E-state index in [0.29, 0.717) is 0 Å². The van der Waals surface area contributed by atoms with Gasteiger partial charge in [-0.1, -0.05) is 34.8 Å². The minimum absolute atomic E-state index is 0.176. The van der Waals surface area contributed by atoms with Gasteiger partial charge in [-0.25, -0.2) is 0 Å². The lowest BCUT2D eigenvalue weighted by Crippen LogP contribution is -2.40. The molecular formula is C8H8Cl4O2. The summed E-state index contributed by atoms with van der Waals surface area (Å²) >= 11 is 23.5. The summed E-state index contributed by atoms with van der Waals surface area (Å²) in [6, 6.07) is 0. The van der Waals surface area contributed by atoms with Crippen molar-refractivity contribution in [2.24, 2.45) is 5.92 Å². The number of alkyl halides is 1. The van der Waals surface area contributed by atoms with Gasteiger partial charge in [-0.05, 0) is 6.08 Å². The molecule has 0 aliphatic heterocycles. The summed E-state index contributed by atoms with van der Waals surface area (Å²) in [7, 11) is 0. The van der Waals surface area contributed by atoms with E-state index in [4.69, 9.17) is 56.6 Å². The van der Waals surface area contributed by atoms with Gasteiger partial charge in [0.05, 0.1) is 18.2 Å². The van der Waals surface area contributed by atoms with Crippen LogP contribution in [-0.2, 0) is 0 Å². The van der Waals surface area contributed by atoms with E-state index in [0.717, 1.165) is 0 Å². The molecule has 0 radical (unpaired) electrons. The van der Waals surface area contributed by atoms with Crippen LogP contribution in [0.5, 0.6) is 0 Å². The largest absolute Gasteiger partial charge is 0.396 e. The van der Waals surface area contributed by atoms with E-state index in [1.54, 1.807) is 0 Å². The second-order valence-corrected chi connectivity index (χ2v) is 4.84. The van der Waals surface area contributed by atoms with Crippen molar-refractivity contribution < 1.29 is 10.2 Å². The van der Waals surface area contributed by atoms with E-state index in [2.05, 4.69) is 0 Å². The summed E-state index contributed by atoms with van der Waals surface area (Å²) in [5.74, 6) is -0.680. The Morgan fingerprint density at radius 2 is 1.86 bits per heavy atom. The normalized spacial score (nSPS) is 33.3. The quantitative estimate of drug-likeness (QED) is 0.761. The monoisotopic (exact) mass is 276 g/mol. The van der Waals surface area contributed by atoms with Gasteiger partial charge < -0.3 is 10.2 Å².